The Morgan fingerprint density at radius 1 is 0.600 bits per heavy atom. The fraction of sp³-hybridized carbons (Fsp3) is 0.182. The van der Waals surface area contributed by atoms with E-state index in [4.69, 9.17) is 9.47 Å². The third kappa shape index (κ3) is 3.70. The van der Waals surface area contributed by atoms with Crippen molar-refractivity contribution < 1.29 is 9.47 Å². The first-order valence-electron chi connectivity index (χ1n) is 8.28. The maximum atomic E-state index is 5.70. The number of rotatable bonds is 5. The van der Waals surface area contributed by atoms with Crippen molar-refractivity contribution in [3.05, 3.63) is 77.9 Å². The third-order valence-electron chi connectivity index (χ3n) is 4.21. The summed E-state index contributed by atoms with van der Waals surface area (Å²) in [7, 11) is 2.66. The van der Waals surface area contributed by atoms with E-state index in [1.807, 2.05) is 18.2 Å². The third-order valence-corrected chi connectivity index (χ3v) is 6.73. The average Bonchev–Trinajstić information content (AvgIpc) is 2.65. The molecule has 0 aromatic heterocycles. The molecule has 0 N–H and O–H groups in total. The molecule has 0 aliphatic rings. The zero-order valence-corrected chi connectivity index (χ0v) is 16.0. The first-order valence-corrected chi connectivity index (χ1v) is 9.62. The van der Waals surface area contributed by atoms with Gasteiger partial charge in [0.15, 0.2) is 0 Å². The summed E-state index contributed by atoms with van der Waals surface area (Å²) in [6, 6.07) is 23.5. The van der Waals surface area contributed by atoms with Gasteiger partial charge < -0.3 is 9.47 Å². The molecular formula is C22H23O2P. The van der Waals surface area contributed by atoms with Gasteiger partial charge in [-0.2, -0.15) is 0 Å². The summed E-state index contributed by atoms with van der Waals surface area (Å²) in [5.74, 6) is 1.73. The number of hydrogen-bond donors (Lipinski definition) is 0. The van der Waals surface area contributed by atoms with Crippen LogP contribution in [0.4, 0.5) is 0 Å². The summed E-state index contributed by atoms with van der Waals surface area (Å²) in [6.07, 6.45) is 0. The van der Waals surface area contributed by atoms with Crippen LogP contribution in [0.3, 0.4) is 0 Å². The highest BCUT2D eigenvalue weighted by molar-refractivity contribution is 7.80. The second-order valence-corrected chi connectivity index (χ2v) is 8.17. The summed E-state index contributed by atoms with van der Waals surface area (Å²) >= 11 is 0. The van der Waals surface area contributed by atoms with Crippen molar-refractivity contribution in [1.29, 1.82) is 0 Å². The Bertz CT molecular complexity index is 771. The fourth-order valence-corrected chi connectivity index (χ4v) is 5.33. The lowest BCUT2D eigenvalue weighted by Gasteiger charge is -2.24. The largest absolute Gasteiger partial charge is 0.496 e. The predicted molar refractivity (Wildman–Crippen MR) is 108 cm³/mol. The minimum atomic E-state index is -0.774. The molecule has 0 radical (unpaired) electrons. The molecule has 3 heteroatoms. The van der Waals surface area contributed by atoms with E-state index in [-0.39, 0.29) is 0 Å². The van der Waals surface area contributed by atoms with Crippen LogP contribution in [-0.4, -0.2) is 14.2 Å². The van der Waals surface area contributed by atoms with Crippen molar-refractivity contribution in [1.82, 2.24) is 0 Å². The molecule has 0 atom stereocenters. The molecule has 0 saturated heterocycles. The Balaban J connectivity index is 2.25. The Hall–Kier alpha value is -2.31. The van der Waals surface area contributed by atoms with Gasteiger partial charge in [-0.25, -0.2) is 0 Å². The zero-order valence-electron chi connectivity index (χ0n) is 15.1. The fourth-order valence-electron chi connectivity index (χ4n) is 2.85. The van der Waals surface area contributed by atoms with Crippen molar-refractivity contribution >= 4 is 23.8 Å². The quantitative estimate of drug-likeness (QED) is 0.646. The molecule has 3 rings (SSSR count). The Morgan fingerprint density at radius 2 is 1.00 bits per heavy atom. The summed E-state index contributed by atoms with van der Waals surface area (Å²) in [5, 5.41) is 3.69. The summed E-state index contributed by atoms with van der Waals surface area (Å²) < 4.78 is 11.4. The lowest BCUT2D eigenvalue weighted by molar-refractivity contribution is 0.401. The highest BCUT2D eigenvalue weighted by Gasteiger charge is 2.24. The van der Waals surface area contributed by atoms with E-state index >= 15 is 0 Å². The monoisotopic (exact) mass is 350 g/mol. The summed E-state index contributed by atoms with van der Waals surface area (Å²) in [4.78, 5) is 0. The normalized spacial score (nSPS) is 10.8. The molecule has 0 amide bonds. The SMILES string of the molecule is COc1cccc(OC)c1P(c1ccc(C)cc1)c1ccc(C)cc1. The topological polar surface area (TPSA) is 18.5 Å². The molecular weight excluding hydrogens is 327 g/mol. The maximum Gasteiger partial charge on any atom is 0.130 e. The van der Waals surface area contributed by atoms with E-state index in [2.05, 4.69) is 62.4 Å². The summed E-state index contributed by atoms with van der Waals surface area (Å²) in [6.45, 7) is 4.23. The molecule has 0 spiro atoms. The van der Waals surface area contributed by atoms with Gasteiger partial charge in [0, 0.05) is 0 Å². The molecule has 3 aromatic carbocycles. The van der Waals surface area contributed by atoms with Crippen LogP contribution in [0.2, 0.25) is 0 Å². The van der Waals surface area contributed by atoms with E-state index in [1.165, 1.54) is 21.7 Å². The average molecular weight is 350 g/mol. The van der Waals surface area contributed by atoms with Gasteiger partial charge in [-0.3, -0.25) is 0 Å². The molecule has 25 heavy (non-hydrogen) atoms. The number of methoxy groups -OCH3 is 2. The van der Waals surface area contributed by atoms with Crippen LogP contribution in [0, 0.1) is 13.8 Å². The highest BCUT2D eigenvalue weighted by Crippen LogP contribution is 2.40. The molecule has 0 fully saturated rings. The standard InChI is InChI=1S/C22H23O2P/c1-16-8-12-18(13-9-16)25(19-14-10-17(2)11-15-19)22-20(23-3)6-5-7-21(22)24-4/h5-15H,1-4H3. The molecule has 128 valence electrons. The minimum Gasteiger partial charge on any atom is -0.496 e. The number of aryl methyl sites for hydroxylation is 2. The molecule has 2 nitrogen and oxygen atoms in total. The van der Waals surface area contributed by atoms with Crippen LogP contribution in [0.15, 0.2) is 66.7 Å². The molecule has 0 bridgehead atoms. The van der Waals surface area contributed by atoms with Gasteiger partial charge in [0.1, 0.15) is 11.5 Å². The first kappa shape index (κ1) is 17.5. The van der Waals surface area contributed by atoms with Crippen LogP contribution in [0.5, 0.6) is 11.5 Å². The van der Waals surface area contributed by atoms with Gasteiger partial charge in [-0.15, -0.1) is 0 Å². The van der Waals surface area contributed by atoms with E-state index in [9.17, 15) is 0 Å². The van der Waals surface area contributed by atoms with Gasteiger partial charge in [0.05, 0.1) is 19.5 Å². The first-order chi connectivity index (χ1) is 12.1. The molecule has 0 aliphatic carbocycles. The predicted octanol–water partition coefficient (Wildman–Crippen LogP) is 4.08. The van der Waals surface area contributed by atoms with Crippen LogP contribution in [0.25, 0.3) is 0 Å². The van der Waals surface area contributed by atoms with E-state index in [1.54, 1.807) is 14.2 Å². The Morgan fingerprint density at radius 3 is 1.36 bits per heavy atom. The van der Waals surface area contributed by atoms with Crippen LogP contribution >= 0.6 is 7.92 Å². The highest BCUT2D eigenvalue weighted by atomic mass is 31.1. The van der Waals surface area contributed by atoms with Crippen molar-refractivity contribution in [3.63, 3.8) is 0 Å². The Kier molecular flexibility index (Phi) is 5.40. The van der Waals surface area contributed by atoms with E-state index < -0.39 is 7.92 Å². The molecule has 0 heterocycles. The lowest BCUT2D eigenvalue weighted by atomic mass is 10.2. The molecule has 3 aromatic rings. The molecule has 0 aliphatic heterocycles. The molecule has 0 unspecified atom stereocenters. The van der Waals surface area contributed by atoms with Gasteiger partial charge >= 0.3 is 0 Å². The number of hydrogen-bond acceptors (Lipinski definition) is 2. The van der Waals surface area contributed by atoms with Crippen molar-refractivity contribution in [2.24, 2.45) is 0 Å². The zero-order chi connectivity index (χ0) is 17.8. The van der Waals surface area contributed by atoms with Crippen molar-refractivity contribution in [2.75, 3.05) is 14.2 Å². The van der Waals surface area contributed by atoms with E-state index in [0.29, 0.717) is 0 Å². The number of benzene rings is 3. The van der Waals surface area contributed by atoms with Gasteiger partial charge in [-0.05, 0) is 44.5 Å². The van der Waals surface area contributed by atoms with Crippen LogP contribution < -0.4 is 25.4 Å². The Labute approximate surface area is 151 Å². The second kappa shape index (κ2) is 7.72. The van der Waals surface area contributed by atoms with Crippen molar-refractivity contribution in [2.45, 2.75) is 13.8 Å². The van der Waals surface area contributed by atoms with E-state index in [0.717, 1.165) is 16.8 Å². The second-order valence-electron chi connectivity index (χ2n) is 6.02. The minimum absolute atomic E-state index is 0.774. The van der Waals surface area contributed by atoms with Crippen molar-refractivity contribution in [3.8, 4) is 11.5 Å². The van der Waals surface area contributed by atoms with Crippen LogP contribution in [-0.2, 0) is 0 Å². The van der Waals surface area contributed by atoms with Crippen LogP contribution in [0.1, 0.15) is 11.1 Å². The summed E-state index contributed by atoms with van der Waals surface area (Å²) in [5.41, 5.74) is 2.52. The molecule has 0 saturated carbocycles. The van der Waals surface area contributed by atoms with Gasteiger partial charge in [0.25, 0.3) is 0 Å². The number of ether oxygens (including phenoxy) is 2. The lowest BCUT2D eigenvalue weighted by Crippen LogP contribution is -2.23. The van der Waals surface area contributed by atoms with Gasteiger partial charge in [0.2, 0.25) is 0 Å². The maximum absolute atomic E-state index is 5.70. The smallest absolute Gasteiger partial charge is 0.130 e. The van der Waals surface area contributed by atoms with Gasteiger partial charge in [-0.1, -0.05) is 65.7 Å².